The van der Waals surface area contributed by atoms with Gasteiger partial charge in [0.05, 0.1) is 13.2 Å². The molecular weight excluding hydrogens is 426 g/mol. The Labute approximate surface area is 189 Å². The van der Waals surface area contributed by atoms with Crippen LogP contribution in [0.2, 0.25) is 0 Å². The van der Waals surface area contributed by atoms with Gasteiger partial charge in [-0.15, -0.1) is 11.3 Å². The molecule has 0 saturated heterocycles. The lowest BCUT2D eigenvalue weighted by Gasteiger charge is -2.09. The van der Waals surface area contributed by atoms with E-state index >= 15 is 0 Å². The summed E-state index contributed by atoms with van der Waals surface area (Å²) < 4.78 is 12.6. The Bertz CT molecular complexity index is 1270. The van der Waals surface area contributed by atoms with Crippen molar-refractivity contribution in [2.24, 2.45) is 0 Å². The number of imidazole rings is 1. The molecule has 4 rings (SSSR count). The minimum atomic E-state index is -0.487. The molecule has 8 heteroatoms. The first-order chi connectivity index (χ1) is 15.5. The summed E-state index contributed by atoms with van der Waals surface area (Å²) in [6.07, 6.45) is 3.52. The third-order valence-corrected chi connectivity index (χ3v) is 5.72. The van der Waals surface area contributed by atoms with Crippen molar-refractivity contribution in [3.05, 3.63) is 71.0 Å². The molecule has 164 valence electrons. The second-order valence-electron chi connectivity index (χ2n) is 7.08. The average Bonchev–Trinajstić information content (AvgIpc) is 3.38. The molecule has 1 aromatic carbocycles. The first-order valence-electron chi connectivity index (χ1n) is 10.3. The van der Waals surface area contributed by atoms with Gasteiger partial charge >= 0.3 is 5.97 Å². The van der Waals surface area contributed by atoms with Gasteiger partial charge in [0.1, 0.15) is 27.7 Å². The molecule has 0 atom stereocenters. The molecule has 7 nitrogen and oxygen atoms in total. The van der Waals surface area contributed by atoms with E-state index in [1.54, 1.807) is 17.5 Å². The van der Waals surface area contributed by atoms with E-state index in [0.717, 1.165) is 16.9 Å². The van der Waals surface area contributed by atoms with Crippen LogP contribution in [-0.4, -0.2) is 34.5 Å². The number of esters is 1. The molecule has 0 aliphatic carbocycles. The van der Waals surface area contributed by atoms with E-state index in [4.69, 9.17) is 9.47 Å². The van der Waals surface area contributed by atoms with Crippen molar-refractivity contribution in [2.45, 2.75) is 20.8 Å². The minimum Gasteiger partial charge on any atom is -0.494 e. The highest BCUT2D eigenvalue weighted by Crippen LogP contribution is 2.37. The molecule has 0 unspecified atom stereocenters. The lowest BCUT2D eigenvalue weighted by Crippen LogP contribution is -2.15. The number of fused-ring (bicyclic) bond motifs is 1. The van der Waals surface area contributed by atoms with Crippen LogP contribution in [0, 0.1) is 6.92 Å². The van der Waals surface area contributed by atoms with Crippen molar-refractivity contribution >= 4 is 33.9 Å². The van der Waals surface area contributed by atoms with Crippen LogP contribution in [0.3, 0.4) is 0 Å². The second-order valence-corrected chi connectivity index (χ2v) is 7.96. The highest BCUT2D eigenvalue weighted by atomic mass is 32.1. The van der Waals surface area contributed by atoms with E-state index in [1.165, 1.54) is 11.3 Å². The SMILES string of the molecule is CCOC(=O)c1c(-c2ccc(OCC)cc2)csc1NC(=O)c1cn2ccc(C)cc2n1. The molecule has 3 heterocycles. The molecule has 0 aliphatic heterocycles. The molecule has 3 aromatic heterocycles. The van der Waals surface area contributed by atoms with Crippen molar-refractivity contribution in [1.29, 1.82) is 0 Å². The number of hydrogen-bond donors (Lipinski definition) is 1. The normalized spacial score (nSPS) is 10.8. The van der Waals surface area contributed by atoms with E-state index in [2.05, 4.69) is 10.3 Å². The molecule has 1 amide bonds. The number of pyridine rings is 1. The summed E-state index contributed by atoms with van der Waals surface area (Å²) in [5.41, 5.74) is 3.85. The number of carbonyl (C=O) groups is 2. The van der Waals surface area contributed by atoms with Gasteiger partial charge in [0.25, 0.3) is 5.91 Å². The third kappa shape index (κ3) is 4.36. The van der Waals surface area contributed by atoms with Crippen LogP contribution in [0.15, 0.2) is 54.2 Å². The zero-order valence-corrected chi connectivity index (χ0v) is 18.9. The fourth-order valence-corrected chi connectivity index (χ4v) is 4.28. The molecule has 0 spiro atoms. The maximum atomic E-state index is 12.9. The quantitative estimate of drug-likeness (QED) is 0.392. The number of nitrogens with one attached hydrogen (secondary N) is 1. The summed E-state index contributed by atoms with van der Waals surface area (Å²) in [5.74, 6) is -0.129. The van der Waals surface area contributed by atoms with Crippen LogP contribution in [0.5, 0.6) is 5.75 Å². The van der Waals surface area contributed by atoms with E-state index in [-0.39, 0.29) is 12.3 Å². The molecule has 0 saturated carbocycles. The zero-order chi connectivity index (χ0) is 22.7. The van der Waals surface area contributed by atoms with E-state index in [1.807, 2.05) is 61.8 Å². The fraction of sp³-hybridized carbons (Fsp3) is 0.208. The summed E-state index contributed by atoms with van der Waals surface area (Å²) in [6, 6.07) is 11.3. The van der Waals surface area contributed by atoms with Crippen LogP contribution < -0.4 is 10.1 Å². The maximum absolute atomic E-state index is 12.9. The molecule has 32 heavy (non-hydrogen) atoms. The van der Waals surface area contributed by atoms with Crippen LogP contribution in [-0.2, 0) is 4.74 Å². The fourth-order valence-electron chi connectivity index (χ4n) is 3.33. The Kier molecular flexibility index (Phi) is 6.23. The number of thiophene rings is 1. The van der Waals surface area contributed by atoms with Crippen LogP contribution in [0.1, 0.15) is 40.3 Å². The summed E-state index contributed by atoms with van der Waals surface area (Å²) >= 11 is 1.27. The topological polar surface area (TPSA) is 81.9 Å². The average molecular weight is 450 g/mol. The Morgan fingerprint density at radius 2 is 1.91 bits per heavy atom. The number of hydrogen-bond acceptors (Lipinski definition) is 6. The summed E-state index contributed by atoms with van der Waals surface area (Å²) in [7, 11) is 0. The lowest BCUT2D eigenvalue weighted by molar-refractivity contribution is 0.0529. The zero-order valence-electron chi connectivity index (χ0n) is 18.0. The van der Waals surface area contributed by atoms with Crippen LogP contribution in [0.25, 0.3) is 16.8 Å². The molecular formula is C24H23N3O4S. The Morgan fingerprint density at radius 1 is 1.12 bits per heavy atom. The molecule has 0 bridgehead atoms. The summed E-state index contributed by atoms with van der Waals surface area (Å²) in [5, 5.41) is 5.10. The number of aromatic nitrogens is 2. The predicted molar refractivity (Wildman–Crippen MR) is 125 cm³/mol. The smallest absolute Gasteiger partial charge is 0.341 e. The van der Waals surface area contributed by atoms with Crippen LogP contribution >= 0.6 is 11.3 Å². The minimum absolute atomic E-state index is 0.233. The molecule has 0 aliphatic rings. The predicted octanol–water partition coefficient (Wildman–Crippen LogP) is 5.20. The van der Waals surface area contributed by atoms with Crippen molar-refractivity contribution in [1.82, 2.24) is 9.38 Å². The Morgan fingerprint density at radius 3 is 2.62 bits per heavy atom. The highest BCUT2D eigenvalue weighted by molar-refractivity contribution is 7.15. The standard InChI is InChI=1S/C24H23N3O4S/c1-4-30-17-8-6-16(7-9-17)18-14-32-23(21(18)24(29)31-5-2)26-22(28)19-13-27-11-10-15(3)12-20(27)25-19/h6-14H,4-5H2,1-3H3,(H,26,28). The van der Waals surface area contributed by atoms with Crippen molar-refractivity contribution in [2.75, 3.05) is 18.5 Å². The summed E-state index contributed by atoms with van der Waals surface area (Å²) in [6.45, 7) is 6.44. The van der Waals surface area contributed by atoms with Gasteiger partial charge in [-0.3, -0.25) is 4.79 Å². The maximum Gasteiger partial charge on any atom is 0.341 e. The number of carbonyl (C=O) groups excluding carboxylic acids is 2. The van der Waals surface area contributed by atoms with Crippen molar-refractivity contribution < 1.29 is 19.1 Å². The van der Waals surface area contributed by atoms with Crippen molar-refractivity contribution in [3.8, 4) is 16.9 Å². The number of benzene rings is 1. The summed E-state index contributed by atoms with van der Waals surface area (Å²) in [4.78, 5) is 30.1. The molecule has 1 N–H and O–H groups in total. The molecule has 0 fully saturated rings. The lowest BCUT2D eigenvalue weighted by atomic mass is 10.0. The highest BCUT2D eigenvalue weighted by Gasteiger charge is 2.24. The Hall–Kier alpha value is -3.65. The number of amides is 1. The van der Waals surface area contributed by atoms with Gasteiger partial charge in [0.15, 0.2) is 0 Å². The van der Waals surface area contributed by atoms with Gasteiger partial charge in [0, 0.05) is 23.3 Å². The number of nitrogens with zero attached hydrogens (tertiary/aromatic N) is 2. The first kappa shape index (κ1) is 21.6. The van der Waals surface area contributed by atoms with E-state index in [0.29, 0.717) is 28.4 Å². The van der Waals surface area contributed by atoms with Gasteiger partial charge in [-0.25, -0.2) is 9.78 Å². The second kappa shape index (κ2) is 9.23. The van der Waals surface area contributed by atoms with E-state index in [9.17, 15) is 9.59 Å². The van der Waals surface area contributed by atoms with E-state index < -0.39 is 11.9 Å². The number of rotatable bonds is 7. The number of ether oxygens (including phenoxy) is 2. The van der Waals surface area contributed by atoms with Gasteiger partial charge in [-0.2, -0.15) is 0 Å². The number of aryl methyl sites for hydroxylation is 1. The molecule has 4 aromatic rings. The monoisotopic (exact) mass is 449 g/mol. The Balaban J connectivity index is 1.66. The largest absolute Gasteiger partial charge is 0.494 e. The van der Waals surface area contributed by atoms with Gasteiger partial charge in [-0.05, 0) is 56.2 Å². The van der Waals surface area contributed by atoms with Crippen LogP contribution in [0.4, 0.5) is 5.00 Å². The molecule has 0 radical (unpaired) electrons. The number of anilines is 1. The third-order valence-electron chi connectivity index (χ3n) is 4.82. The van der Waals surface area contributed by atoms with Gasteiger partial charge in [-0.1, -0.05) is 12.1 Å². The van der Waals surface area contributed by atoms with Gasteiger partial charge in [0.2, 0.25) is 0 Å². The first-order valence-corrected chi connectivity index (χ1v) is 11.2. The van der Waals surface area contributed by atoms with Crippen molar-refractivity contribution in [3.63, 3.8) is 0 Å². The van der Waals surface area contributed by atoms with Gasteiger partial charge < -0.3 is 19.2 Å².